The number of aryl methyl sites for hydroxylation is 2. The lowest BCUT2D eigenvalue weighted by molar-refractivity contribution is -0.880. The molecule has 25 heavy (non-hydrogen) atoms. The fraction of sp³-hybridized carbons (Fsp3) is 0.368. The molecule has 1 aliphatic rings. The molecular weight excluding hydrogens is 334 g/mol. The average Bonchev–Trinajstić information content (AvgIpc) is 2.55. The van der Waals surface area contributed by atoms with Crippen molar-refractivity contribution in [1.82, 2.24) is 0 Å². The van der Waals surface area contributed by atoms with Crippen LogP contribution in [-0.4, -0.2) is 41.6 Å². The standard InChI is InChI=1S/C19H25N3O2S/c1-15-8-9-19(16(2)14-15)25(23,24)20-17-6-4-5-7-18(17)22-12-10-21(3)11-13-22/h4-9,14,20H,10-13H2,1-3H3/p+1. The lowest BCUT2D eigenvalue weighted by Crippen LogP contribution is -3.12. The molecule has 0 atom stereocenters. The van der Waals surface area contributed by atoms with Crippen LogP contribution in [0.15, 0.2) is 47.4 Å². The zero-order chi connectivity index (χ0) is 18.0. The van der Waals surface area contributed by atoms with Gasteiger partial charge in [0.2, 0.25) is 0 Å². The molecule has 0 unspecified atom stereocenters. The molecule has 2 aromatic rings. The number of rotatable bonds is 4. The Hall–Kier alpha value is -2.05. The predicted octanol–water partition coefficient (Wildman–Crippen LogP) is 1.44. The first-order valence-corrected chi connectivity index (χ1v) is 10.1. The fourth-order valence-electron chi connectivity index (χ4n) is 3.27. The third-order valence-electron chi connectivity index (χ3n) is 4.73. The van der Waals surface area contributed by atoms with Gasteiger partial charge < -0.3 is 9.80 Å². The second-order valence-electron chi connectivity index (χ2n) is 6.84. The highest BCUT2D eigenvalue weighted by atomic mass is 32.2. The highest BCUT2D eigenvalue weighted by molar-refractivity contribution is 7.92. The molecule has 1 aliphatic heterocycles. The van der Waals surface area contributed by atoms with Crippen molar-refractivity contribution in [2.45, 2.75) is 18.7 Å². The number of likely N-dealkylation sites (N-methyl/N-ethyl adjacent to an activating group) is 1. The Balaban J connectivity index is 1.90. The Kier molecular flexibility index (Phi) is 5.01. The van der Waals surface area contributed by atoms with Gasteiger partial charge >= 0.3 is 0 Å². The van der Waals surface area contributed by atoms with Crippen molar-refractivity contribution in [1.29, 1.82) is 0 Å². The minimum absolute atomic E-state index is 0.329. The molecule has 6 heteroatoms. The molecule has 1 heterocycles. The van der Waals surface area contributed by atoms with E-state index in [0.29, 0.717) is 10.6 Å². The van der Waals surface area contributed by atoms with Crippen molar-refractivity contribution in [2.24, 2.45) is 0 Å². The molecule has 134 valence electrons. The third-order valence-corrected chi connectivity index (χ3v) is 6.25. The van der Waals surface area contributed by atoms with E-state index in [1.807, 2.05) is 50.2 Å². The van der Waals surface area contributed by atoms with Crippen molar-refractivity contribution in [3.8, 4) is 0 Å². The largest absolute Gasteiger partial charge is 0.359 e. The lowest BCUT2D eigenvalue weighted by atomic mass is 10.2. The van der Waals surface area contributed by atoms with E-state index in [9.17, 15) is 8.42 Å². The summed E-state index contributed by atoms with van der Waals surface area (Å²) in [6, 6.07) is 13.0. The molecule has 0 aromatic heterocycles. The second-order valence-corrected chi connectivity index (χ2v) is 8.49. The number of anilines is 2. The minimum atomic E-state index is -3.61. The van der Waals surface area contributed by atoms with Crippen LogP contribution in [0.1, 0.15) is 11.1 Å². The number of sulfonamides is 1. The number of hydrogen-bond acceptors (Lipinski definition) is 3. The van der Waals surface area contributed by atoms with Crippen LogP contribution in [0.5, 0.6) is 0 Å². The van der Waals surface area contributed by atoms with Crippen molar-refractivity contribution < 1.29 is 13.3 Å². The van der Waals surface area contributed by atoms with E-state index >= 15 is 0 Å². The van der Waals surface area contributed by atoms with Gasteiger partial charge in [0.25, 0.3) is 10.0 Å². The summed E-state index contributed by atoms with van der Waals surface area (Å²) in [5, 5.41) is 0. The van der Waals surface area contributed by atoms with Crippen molar-refractivity contribution in [3.05, 3.63) is 53.6 Å². The number of nitrogens with zero attached hydrogens (tertiary/aromatic N) is 1. The van der Waals surface area contributed by atoms with E-state index in [1.54, 1.807) is 6.07 Å². The van der Waals surface area contributed by atoms with Crippen molar-refractivity contribution >= 4 is 21.4 Å². The van der Waals surface area contributed by atoms with Crippen LogP contribution in [0.25, 0.3) is 0 Å². The van der Waals surface area contributed by atoms with Crippen molar-refractivity contribution in [2.75, 3.05) is 42.8 Å². The number of piperazine rings is 1. The summed E-state index contributed by atoms with van der Waals surface area (Å²) in [4.78, 5) is 4.09. The number of hydrogen-bond donors (Lipinski definition) is 2. The Morgan fingerprint density at radius 1 is 1.04 bits per heavy atom. The molecule has 0 bridgehead atoms. The van der Waals surface area contributed by atoms with E-state index in [0.717, 1.165) is 43.0 Å². The molecule has 2 N–H and O–H groups in total. The first-order chi connectivity index (χ1) is 11.9. The number of quaternary nitrogens is 1. The number of nitrogens with one attached hydrogen (secondary N) is 2. The van der Waals surface area contributed by atoms with Gasteiger partial charge in [0.1, 0.15) is 0 Å². The topological polar surface area (TPSA) is 53.9 Å². The molecule has 0 saturated carbocycles. The summed E-state index contributed by atoms with van der Waals surface area (Å²) in [7, 11) is -1.43. The molecule has 0 amide bonds. The van der Waals surface area contributed by atoms with Gasteiger partial charge in [-0.05, 0) is 37.6 Å². The minimum Gasteiger partial charge on any atom is -0.359 e. The molecule has 1 saturated heterocycles. The van der Waals surface area contributed by atoms with Crippen LogP contribution in [0.3, 0.4) is 0 Å². The van der Waals surface area contributed by atoms with Gasteiger partial charge in [-0.2, -0.15) is 0 Å². The van der Waals surface area contributed by atoms with Crippen LogP contribution in [-0.2, 0) is 10.0 Å². The SMILES string of the molecule is Cc1ccc(S(=O)(=O)Nc2ccccc2N2CC[NH+](C)CC2)c(C)c1. The summed E-state index contributed by atoms with van der Waals surface area (Å²) in [6.45, 7) is 7.75. The first kappa shape index (κ1) is 17.8. The summed E-state index contributed by atoms with van der Waals surface area (Å²) in [6.07, 6.45) is 0. The predicted molar refractivity (Wildman–Crippen MR) is 102 cm³/mol. The Morgan fingerprint density at radius 3 is 2.40 bits per heavy atom. The van der Waals surface area contributed by atoms with Gasteiger partial charge in [0.15, 0.2) is 0 Å². The second kappa shape index (κ2) is 7.06. The number of benzene rings is 2. The van der Waals surface area contributed by atoms with Crippen LogP contribution in [0.2, 0.25) is 0 Å². The monoisotopic (exact) mass is 360 g/mol. The molecule has 0 aliphatic carbocycles. The molecule has 0 spiro atoms. The van der Waals surface area contributed by atoms with Gasteiger partial charge in [0.05, 0.1) is 49.5 Å². The van der Waals surface area contributed by atoms with E-state index in [2.05, 4.69) is 16.7 Å². The molecule has 0 radical (unpaired) electrons. The van der Waals surface area contributed by atoms with Gasteiger partial charge in [0, 0.05) is 0 Å². The first-order valence-electron chi connectivity index (χ1n) is 8.62. The van der Waals surface area contributed by atoms with Crippen molar-refractivity contribution in [3.63, 3.8) is 0 Å². The van der Waals surface area contributed by atoms with Crippen LogP contribution in [0, 0.1) is 13.8 Å². The zero-order valence-electron chi connectivity index (χ0n) is 15.0. The molecule has 5 nitrogen and oxygen atoms in total. The van der Waals surface area contributed by atoms with Gasteiger partial charge in [-0.15, -0.1) is 0 Å². The summed E-state index contributed by atoms with van der Waals surface area (Å²) >= 11 is 0. The summed E-state index contributed by atoms with van der Waals surface area (Å²) < 4.78 is 28.6. The van der Waals surface area contributed by atoms with E-state index in [4.69, 9.17) is 0 Å². The van der Waals surface area contributed by atoms with Gasteiger partial charge in [-0.25, -0.2) is 8.42 Å². The lowest BCUT2D eigenvalue weighted by Gasteiger charge is -2.33. The van der Waals surface area contributed by atoms with E-state index in [1.165, 1.54) is 4.90 Å². The smallest absolute Gasteiger partial charge is 0.262 e. The van der Waals surface area contributed by atoms with Crippen LogP contribution in [0.4, 0.5) is 11.4 Å². The summed E-state index contributed by atoms with van der Waals surface area (Å²) in [5.41, 5.74) is 3.40. The van der Waals surface area contributed by atoms with Crippen LogP contribution < -0.4 is 14.5 Å². The van der Waals surface area contributed by atoms with Crippen LogP contribution >= 0.6 is 0 Å². The maximum Gasteiger partial charge on any atom is 0.262 e. The number of para-hydroxylation sites is 2. The maximum atomic E-state index is 12.9. The Bertz CT molecular complexity index is 857. The van der Waals surface area contributed by atoms with E-state index < -0.39 is 10.0 Å². The summed E-state index contributed by atoms with van der Waals surface area (Å²) in [5.74, 6) is 0. The Morgan fingerprint density at radius 2 is 1.72 bits per heavy atom. The fourth-order valence-corrected chi connectivity index (χ4v) is 4.57. The van der Waals surface area contributed by atoms with E-state index in [-0.39, 0.29) is 0 Å². The Labute approximate surface area is 150 Å². The third kappa shape index (κ3) is 3.96. The molecule has 1 fully saturated rings. The zero-order valence-corrected chi connectivity index (χ0v) is 15.9. The molecule has 3 rings (SSSR count). The molecular formula is C19H26N3O2S+. The molecule has 2 aromatic carbocycles. The van der Waals surface area contributed by atoms with Gasteiger partial charge in [-0.3, -0.25) is 4.72 Å². The highest BCUT2D eigenvalue weighted by Gasteiger charge is 2.22. The highest BCUT2D eigenvalue weighted by Crippen LogP contribution is 2.28. The van der Waals surface area contributed by atoms with Gasteiger partial charge in [-0.1, -0.05) is 29.8 Å². The quantitative estimate of drug-likeness (QED) is 0.868. The normalized spacial score (nSPS) is 16.0. The maximum absolute atomic E-state index is 12.9. The average molecular weight is 361 g/mol.